The number of likely N-dealkylation sites (tertiary alicyclic amines) is 1. The molecule has 6 rings (SSSR count). The minimum absolute atomic E-state index is 0.00361. The number of methoxy groups -OCH3 is 5. The number of nitrogens with one attached hydrogen (secondary N) is 1. The fourth-order valence-corrected chi connectivity index (χ4v) is 10.2. The largest absolute Gasteiger partial charge is 0.493 e. The number of hydrogen-bond donors (Lipinski definition) is 1. The molecule has 2 aromatic rings. The van der Waals surface area contributed by atoms with Crippen LogP contribution in [-0.2, 0) is 31.9 Å². The number of carbonyl (C=O) groups is 3. The molecule has 3 amide bonds. The van der Waals surface area contributed by atoms with E-state index in [0.29, 0.717) is 42.8 Å². The third-order valence-corrected chi connectivity index (χ3v) is 13.3. The van der Waals surface area contributed by atoms with Crippen molar-refractivity contribution in [1.29, 1.82) is 0 Å². The first kappa shape index (κ1) is 44.3. The van der Waals surface area contributed by atoms with E-state index in [9.17, 15) is 14.4 Å². The monoisotopic (exact) mass is 820 g/mol. The quantitative estimate of drug-likeness (QED) is 0.219. The number of rotatable bonds is 14. The van der Waals surface area contributed by atoms with Crippen molar-refractivity contribution in [3.05, 3.63) is 46.5 Å². The average Bonchev–Trinajstić information content (AvgIpc) is 3.71. The van der Waals surface area contributed by atoms with Crippen LogP contribution in [0.4, 0.5) is 4.79 Å². The van der Waals surface area contributed by atoms with Crippen molar-refractivity contribution in [2.75, 3.05) is 68.3 Å². The van der Waals surface area contributed by atoms with Gasteiger partial charge in [-0.3, -0.25) is 14.5 Å². The maximum absolute atomic E-state index is 14.4. The molecule has 1 N–H and O–H groups in total. The Morgan fingerprint density at radius 1 is 0.814 bits per heavy atom. The smallest absolute Gasteiger partial charge is 0.410 e. The van der Waals surface area contributed by atoms with Crippen LogP contribution in [0.2, 0.25) is 0 Å². The molecule has 0 aliphatic carbocycles. The van der Waals surface area contributed by atoms with Crippen LogP contribution in [-0.4, -0.2) is 119 Å². The summed E-state index contributed by atoms with van der Waals surface area (Å²) >= 11 is 0. The summed E-state index contributed by atoms with van der Waals surface area (Å²) in [6.45, 7) is 13.0. The maximum Gasteiger partial charge on any atom is 0.410 e. The Kier molecular flexibility index (Phi) is 14.3. The third-order valence-electron chi connectivity index (χ3n) is 13.3. The van der Waals surface area contributed by atoms with Gasteiger partial charge in [-0.15, -0.1) is 0 Å². The first-order valence-electron chi connectivity index (χ1n) is 21.6. The van der Waals surface area contributed by atoms with Crippen molar-refractivity contribution >= 4 is 17.9 Å². The van der Waals surface area contributed by atoms with E-state index in [0.717, 1.165) is 68.7 Å². The van der Waals surface area contributed by atoms with Crippen LogP contribution in [0.5, 0.6) is 23.0 Å². The molecular formula is C46H68N4O9. The highest BCUT2D eigenvalue weighted by Crippen LogP contribution is 2.49. The number of amides is 3. The first-order chi connectivity index (χ1) is 28.2. The molecular weight excluding hydrogens is 753 g/mol. The van der Waals surface area contributed by atoms with Crippen LogP contribution >= 0.6 is 0 Å². The highest BCUT2D eigenvalue weighted by Gasteiger charge is 2.43. The van der Waals surface area contributed by atoms with Gasteiger partial charge in [0.1, 0.15) is 5.60 Å². The maximum atomic E-state index is 14.4. The molecule has 2 unspecified atom stereocenters. The highest BCUT2D eigenvalue weighted by atomic mass is 16.6. The van der Waals surface area contributed by atoms with Gasteiger partial charge in [-0.2, -0.15) is 0 Å². The number of benzene rings is 2. The Morgan fingerprint density at radius 2 is 1.42 bits per heavy atom. The molecule has 0 bridgehead atoms. The molecule has 2 saturated heterocycles. The molecule has 2 aromatic carbocycles. The van der Waals surface area contributed by atoms with E-state index in [1.54, 1.807) is 40.4 Å². The lowest BCUT2D eigenvalue weighted by molar-refractivity contribution is -0.135. The van der Waals surface area contributed by atoms with Crippen LogP contribution in [0, 0.1) is 17.8 Å². The predicted octanol–water partition coefficient (Wildman–Crippen LogP) is 6.74. The van der Waals surface area contributed by atoms with E-state index in [-0.39, 0.29) is 42.9 Å². The normalized spacial score (nSPS) is 23.9. The summed E-state index contributed by atoms with van der Waals surface area (Å²) in [6, 6.07) is 8.25. The van der Waals surface area contributed by atoms with E-state index in [4.69, 9.17) is 28.4 Å². The van der Waals surface area contributed by atoms with Crippen LogP contribution in [0.15, 0.2) is 24.3 Å². The molecule has 4 heterocycles. The number of hydrogen-bond acceptors (Lipinski definition) is 10. The van der Waals surface area contributed by atoms with Gasteiger partial charge in [0, 0.05) is 52.3 Å². The standard InChI is InChI=1S/C46H68N4O9/c1-11-29-27-48-19-15-30-23-38(54-6)40(56-8)25-33(30)36(48)21-32(29)22-37-34-26-41(57-9)39(55-7)24-31(34)16-20-49(37)42(51)14-17-47-44(52)28(2)43(58-10)35-13-12-18-50(35)45(53)59-46(3,4)5/h23-26,28-29,32,35-37,43H,11-22,27H2,1-10H3,(H,47,52)/t28-,29+,32-,35?,36?,37-,43-/m1/s1. The summed E-state index contributed by atoms with van der Waals surface area (Å²) in [5, 5.41) is 3.03. The zero-order chi connectivity index (χ0) is 42.6. The SMILES string of the molecule is CC[C@H]1CN2CCc3cc(OC)c(OC)cc3C2C[C@@H]1C[C@@H]1c2cc(OC)c(OC)cc2CCN1C(=O)CCNC(=O)[C@H](C)[C@@H](OC)C1CCCN1C(=O)OC(C)(C)C. The van der Waals surface area contributed by atoms with Crippen molar-refractivity contribution < 1.29 is 42.8 Å². The zero-order valence-electron chi connectivity index (χ0n) is 37.1. The first-order valence-corrected chi connectivity index (χ1v) is 21.6. The summed E-state index contributed by atoms with van der Waals surface area (Å²) in [6.07, 6.45) is 5.28. The van der Waals surface area contributed by atoms with Gasteiger partial charge in [0.05, 0.1) is 52.5 Å². The van der Waals surface area contributed by atoms with Gasteiger partial charge < -0.3 is 43.5 Å². The minimum atomic E-state index is -0.628. The van der Waals surface area contributed by atoms with E-state index in [2.05, 4.69) is 41.4 Å². The Bertz CT molecular complexity index is 1810. The van der Waals surface area contributed by atoms with Gasteiger partial charge in [-0.1, -0.05) is 20.3 Å². The number of fused-ring (bicyclic) bond motifs is 4. The molecule has 59 heavy (non-hydrogen) atoms. The lowest BCUT2D eigenvalue weighted by atomic mass is 9.72. The molecule has 7 atom stereocenters. The Hall–Kier alpha value is -4.23. The Balaban J connectivity index is 1.19. The summed E-state index contributed by atoms with van der Waals surface area (Å²) in [5.41, 5.74) is 4.26. The van der Waals surface area contributed by atoms with E-state index in [1.165, 1.54) is 16.7 Å². The van der Waals surface area contributed by atoms with Crippen LogP contribution < -0.4 is 24.3 Å². The average molecular weight is 821 g/mol. The minimum Gasteiger partial charge on any atom is -0.493 e. The highest BCUT2D eigenvalue weighted by molar-refractivity contribution is 5.81. The van der Waals surface area contributed by atoms with Crippen molar-refractivity contribution in [2.24, 2.45) is 17.8 Å². The van der Waals surface area contributed by atoms with Gasteiger partial charge in [0.15, 0.2) is 23.0 Å². The van der Waals surface area contributed by atoms with Gasteiger partial charge in [-0.25, -0.2) is 4.79 Å². The van der Waals surface area contributed by atoms with Gasteiger partial charge in [0.2, 0.25) is 11.8 Å². The molecule has 4 aliphatic heterocycles. The van der Waals surface area contributed by atoms with Crippen molar-refractivity contribution in [3.63, 3.8) is 0 Å². The molecule has 0 radical (unpaired) electrons. The van der Waals surface area contributed by atoms with E-state index < -0.39 is 23.7 Å². The number of carbonyl (C=O) groups excluding carboxylic acids is 3. The van der Waals surface area contributed by atoms with E-state index >= 15 is 0 Å². The molecule has 4 aliphatic rings. The second-order valence-electron chi connectivity index (χ2n) is 17.7. The van der Waals surface area contributed by atoms with Crippen LogP contribution in [0.25, 0.3) is 0 Å². The molecule has 0 saturated carbocycles. The lowest BCUT2D eigenvalue weighted by Crippen LogP contribution is -2.51. The van der Waals surface area contributed by atoms with Crippen LogP contribution in [0.3, 0.4) is 0 Å². The van der Waals surface area contributed by atoms with Crippen molar-refractivity contribution in [3.8, 4) is 23.0 Å². The van der Waals surface area contributed by atoms with Gasteiger partial charge in [-0.05, 0) is 118 Å². The fourth-order valence-electron chi connectivity index (χ4n) is 10.2. The van der Waals surface area contributed by atoms with E-state index in [1.807, 2.05) is 32.6 Å². The summed E-state index contributed by atoms with van der Waals surface area (Å²) in [7, 11) is 8.26. The zero-order valence-corrected chi connectivity index (χ0v) is 37.1. The summed E-state index contributed by atoms with van der Waals surface area (Å²) < 4.78 is 34.5. The predicted molar refractivity (Wildman–Crippen MR) is 225 cm³/mol. The Morgan fingerprint density at radius 3 is 2.03 bits per heavy atom. The van der Waals surface area contributed by atoms with Gasteiger partial charge >= 0.3 is 6.09 Å². The summed E-state index contributed by atoms with van der Waals surface area (Å²) in [4.78, 5) is 47.5. The summed E-state index contributed by atoms with van der Waals surface area (Å²) in [5.74, 6) is 2.91. The fraction of sp³-hybridized carbons (Fsp3) is 0.674. The molecule has 0 aromatic heterocycles. The second-order valence-corrected chi connectivity index (χ2v) is 17.7. The lowest BCUT2D eigenvalue weighted by Gasteiger charge is -2.49. The molecule has 2 fully saturated rings. The molecule has 326 valence electrons. The van der Waals surface area contributed by atoms with Crippen molar-refractivity contribution in [2.45, 2.75) is 116 Å². The number of ether oxygens (including phenoxy) is 6. The molecule has 13 nitrogen and oxygen atoms in total. The third kappa shape index (κ3) is 9.56. The van der Waals surface area contributed by atoms with Crippen LogP contribution in [0.1, 0.15) is 107 Å². The van der Waals surface area contributed by atoms with Gasteiger partial charge in [0.25, 0.3) is 0 Å². The molecule has 13 heteroatoms. The topological polar surface area (TPSA) is 128 Å². The second kappa shape index (κ2) is 19.0. The van der Waals surface area contributed by atoms with Crippen molar-refractivity contribution in [1.82, 2.24) is 20.0 Å². The number of piperidine rings is 1. The molecule has 0 spiro atoms. The Labute approximate surface area is 351 Å². The number of nitrogens with zero attached hydrogens (tertiary/aromatic N) is 3.